The van der Waals surface area contributed by atoms with Crippen LogP contribution >= 0.6 is 11.8 Å². The normalized spacial score (nSPS) is 16.7. The van der Waals surface area contributed by atoms with E-state index in [0.717, 1.165) is 13.0 Å². The summed E-state index contributed by atoms with van der Waals surface area (Å²) >= 11 is 1.21. The molecule has 1 atom stereocenters. The van der Waals surface area contributed by atoms with Crippen molar-refractivity contribution >= 4 is 17.7 Å². The van der Waals surface area contributed by atoms with Gasteiger partial charge in [0, 0.05) is 12.5 Å². The van der Waals surface area contributed by atoms with Crippen molar-refractivity contribution in [2.75, 3.05) is 5.75 Å². The quantitative estimate of drug-likeness (QED) is 0.843. The number of benzene rings is 1. The minimum Gasteiger partial charge on any atom is -0.481 e. The van der Waals surface area contributed by atoms with Gasteiger partial charge < -0.3 is 9.67 Å². The van der Waals surface area contributed by atoms with Gasteiger partial charge in [0.25, 0.3) is 0 Å². The fourth-order valence-electron chi connectivity index (χ4n) is 2.37. The average Bonchev–Trinajstić information content (AvgIpc) is 2.81. The van der Waals surface area contributed by atoms with Crippen LogP contribution in [-0.2, 0) is 17.8 Å². The number of rotatable bonds is 5. The Balaban J connectivity index is 1.69. The van der Waals surface area contributed by atoms with Crippen molar-refractivity contribution < 1.29 is 9.90 Å². The molecule has 0 spiro atoms. The summed E-state index contributed by atoms with van der Waals surface area (Å²) in [6.07, 6.45) is 2.74. The number of carbonyl (C=O) groups is 1. The summed E-state index contributed by atoms with van der Waals surface area (Å²) in [4.78, 5) is 10.6. The first-order valence-corrected chi connectivity index (χ1v) is 7.03. The highest BCUT2D eigenvalue weighted by atomic mass is 32.2. The molecule has 19 heavy (non-hydrogen) atoms. The van der Waals surface area contributed by atoms with Crippen molar-refractivity contribution in [3.63, 3.8) is 0 Å². The molecule has 0 aliphatic heterocycles. The zero-order valence-corrected chi connectivity index (χ0v) is 11.0. The largest absolute Gasteiger partial charge is 0.481 e. The fourth-order valence-corrected chi connectivity index (χ4v) is 3.02. The van der Waals surface area contributed by atoms with Crippen molar-refractivity contribution in [1.82, 2.24) is 14.8 Å². The Morgan fingerprint density at radius 3 is 3.11 bits per heavy atom. The second kappa shape index (κ2) is 5.05. The first kappa shape index (κ1) is 12.2. The summed E-state index contributed by atoms with van der Waals surface area (Å²) in [6, 6.07) is 8.41. The molecule has 1 aromatic heterocycles. The molecule has 0 amide bonds. The molecule has 5 nitrogen and oxygen atoms in total. The number of aliphatic carboxylic acids is 1. The van der Waals surface area contributed by atoms with Gasteiger partial charge in [-0.15, -0.1) is 10.2 Å². The zero-order valence-electron chi connectivity index (χ0n) is 10.2. The molecular weight excluding hydrogens is 262 g/mol. The van der Waals surface area contributed by atoms with Crippen LogP contribution in [0.4, 0.5) is 0 Å². The summed E-state index contributed by atoms with van der Waals surface area (Å²) in [5.74, 6) is -0.343. The van der Waals surface area contributed by atoms with E-state index in [1.165, 1.54) is 22.9 Å². The number of nitrogens with zero attached hydrogens (tertiary/aromatic N) is 3. The van der Waals surface area contributed by atoms with Crippen molar-refractivity contribution in [1.29, 1.82) is 0 Å². The van der Waals surface area contributed by atoms with Crippen LogP contribution in [0, 0.1) is 0 Å². The fraction of sp³-hybridized carbons (Fsp3) is 0.308. The van der Waals surface area contributed by atoms with Crippen LogP contribution < -0.4 is 0 Å². The first-order valence-electron chi connectivity index (χ1n) is 6.04. The molecule has 1 aromatic carbocycles. The number of carboxylic acid groups (broad SMARTS) is 1. The molecule has 0 saturated heterocycles. The van der Waals surface area contributed by atoms with E-state index >= 15 is 0 Å². The van der Waals surface area contributed by atoms with Crippen LogP contribution in [0.3, 0.4) is 0 Å². The summed E-state index contributed by atoms with van der Waals surface area (Å²) in [6.45, 7) is 0.811. The van der Waals surface area contributed by atoms with Crippen LogP contribution in [0.25, 0.3) is 0 Å². The minimum absolute atomic E-state index is 0.0138. The molecular formula is C13H13N3O2S. The summed E-state index contributed by atoms with van der Waals surface area (Å²) in [5.41, 5.74) is 2.78. The lowest BCUT2D eigenvalue weighted by Gasteiger charge is -2.30. The molecule has 3 rings (SSSR count). The molecule has 0 bridgehead atoms. The minimum atomic E-state index is -0.839. The molecule has 1 heterocycles. The molecule has 2 aromatic rings. The van der Waals surface area contributed by atoms with E-state index in [4.69, 9.17) is 5.11 Å². The Hall–Kier alpha value is -1.82. The van der Waals surface area contributed by atoms with E-state index in [-0.39, 0.29) is 5.75 Å². The zero-order chi connectivity index (χ0) is 13.2. The van der Waals surface area contributed by atoms with E-state index < -0.39 is 5.97 Å². The van der Waals surface area contributed by atoms with Crippen molar-refractivity contribution in [3.05, 3.63) is 41.7 Å². The molecule has 1 aliphatic rings. The van der Waals surface area contributed by atoms with Gasteiger partial charge in [-0.2, -0.15) is 0 Å². The SMILES string of the molecule is O=C(O)CSc1nncn1CC1Cc2ccccc21. The first-order chi connectivity index (χ1) is 9.24. The average molecular weight is 275 g/mol. The Bertz CT molecular complexity index is 611. The van der Waals surface area contributed by atoms with Gasteiger partial charge in [-0.05, 0) is 17.5 Å². The van der Waals surface area contributed by atoms with Crippen LogP contribution in [0.15, 0.2) is 35.7 Å². The number of carboxylic acids is 1. The van der Waals surface area contributed by atoms with E-state index in [1.807, 2.05) is 4.57 Å². The van der Waals surface area contributed by atoms with E-state index in [0.29, 0.717) is 11.1 Å². The monoisotopic (exact) mass is 275 g/mol. The van der Waals surface area contributed by atoms with E-state index in [2.05, 4.69) is 34.5 Å². The number of thioether (sulfide) groups is 1. The Kier molecular flexibility index (Phi) is 3.25. The topological polar surface area (TPSA) is 68.0 Å². The van der Waals surface area contributed by atoms with Crippen molar-refractivity contribution in [2.24, 2.45) is 0 Å². The maximum Gasteiger partial charge on any atom is 0.313 e. The molecule has 98 valence electrons. The molecule has 6 heteroatoms. The summed E-state index contributed by atoms with van der Waals surface area (Å²) in [5, 5.41) is 17.2. The van der Waals surface area contributed by atoms with Gasteiger partial charge in [-0.3, -0.25) is 4.79 Å². The Labute approximate surface area is 114 Å². The van der Waals surface area contributed by atoms with Gasteiger partial charge in [-0.25, -0.2) is 0 Å². The van der Waals surface area contributed by atoms with Gasteiger partial charge in [0.1, 0.15) is 6.33 Å². The third-order valence-corrected chi connectivity index (χ3v) is 4.25. The predicted molar refractivity (Wildman–Crippen MR) is 71.3 cm³/mol. The number of hydrogen-bond donors (Lipinski definition) is 1. The van der Waals surface area contributed by atoms with Gasteiger partial charge in [0.15, 0.2) is 5.16 Å². The maximum atomic E-state index is 10.6. The lowest BCUT2D eigenvalue weighted by molar-refractivity contribution is -0.133. The van der Waals surface area contributed by atoms with Gasteiger partial charge in [0.05, 0.1) is 5.75 Å². The third-order valence-electron chi connectivity index (χ3n) is 3.28. The lowest BCUT2D eigenvalue weighted by Crippen LogP contribution is -2.22. The standard InChI is InChI=1S/C13H13N3O2S/c17-12(18)7-19-13-15-14-8-16(13)6-10-5-9-3-1-2-4-11(9)10/h1-4,8,10H,5-7H2,(H,17,18). The van der Waals surface area contributed by atoms with E-state index in [9.17, 15) is 4.79 Å². The Morgan fingerprint density at radius 1 is 1.47 bits per heavy atom. The van der Waals surface area contributed by atoms with Crippen molar-refractivity contribution in [3.8, 4) is 0 Å². The predicted octanol–water partition coefficient (Wildman–Crippen LogP) is 1.79. The smallest absolute Gasteiger partial charge is 0.313 e. The highest BCUT2D eigenvalue weighted by Gasteiger charge is 2.26. The van der Waals surface area contributed by atoms with Crippen molar-refractivity contribution in [2.45, 2.75) is 24.0 Å². The molecule has 1 N–H and O–H groups in total. The third kappa shape index (κ3) is 2.49. The molecule has 0 saturated carbocycles. The summed E-state index contributed by atoms with van der Waals surface area (Å²) < 4.78 is 1.94. The molecule has 0 fully saturated rings. The van der Waals surface area contributed by atoms with Crippen LogP contribution in [-0.4, -0.2) is 31.6 Å². The van der Waals surface area contributed by atoms with Crippen LogP contribution in [0.5, 0.6) is 0 Å². The second-order valence-corrected chi connectivity index (χ2v) is 5.49. The summed E-state index contributed by atoms with van der Waals surface area (Å²) in [7, 11) is 0. The second-order valence-electron chi connectivity index (χ2n) is 4.55. The Morgan fingerprint density at radius 2 is 2.32 bits per heavy atom. The molecule has 1 unspecified atom stereocenters. The van der Waals surface area contributed by atoms with Gasteiger partial charge >= 0.3 is 5.97 Å². The maximum absolute atomic E-state index is 10.6. The van der Waals surface area contributed by atoms with Crippen LogP contribution in [0.2, 0.25) is 0 Å². The molecule has 1 aliphatic carbocycles. The van der Waals surface area contributed by atoms with Gasteiger partial charge in [0.2, 0.25) is 0 Å². The van der Waals surface area contributed by atoms with Gasteiger partial charge in [-0.1, -0.05) is 36.0 Å². The van der Waals surface area contributed by atoms with Crippen LogP contribution in [0.1, 0.15) is 17.0 Å². The molecule has 0 radical (unpaired) electrons. The highest BCUT2D eigenvalue weighted by molar-refractivity contribution is 7.99. The number of fused-ring (bicyclic) bond motifs is 1. The number of hydrogen-bond acceptors (Lipinski definition) is 4. The van der Waals surface area contributed by atoms with E-state index in [1.54, 1.807) is 6.33 Å². The highest BCUT2D eigenvalue weighted by Crippen LogP contribution is 2.36. The number of aromatic nitrogens is 3. The lowest BCUT2D eigenvalue weighted by atomic mass is 9.77.